The van der Waals surface area contributed by atoms with Gasteiger partial charge in [0.15, 0.2) is 5.82 Å². The number of phenolic OH excluding ortho intramolecular Hbond substituents is 1. The molecule has 2 bridgehead atoms. The summed E-state index contributed by atoms with van der Waals surface area (Å²) in [6, 6.07) is 13.4. The first-order valence-electron chi connectivity index (χ1n) is 17.9. The predicted molar refractivity (Wildman–Crippen MR) is 189 cm³/mol. The van der Waals surface area contributed by atoms with Gasteiger partial charge in [0.2, 0.25) is 0 Å². The Kier molecular flexibility index (Phi) is 7.14. The van der Waals surface area contributed by atoms with E-state index < -0.39 is 11.4 Å². The zero-order chi connectivity index (χ0) is 33.5. The Hall–Kier alpha value is -3.97. The summed E-state index contributed by atoms with van der Waals surface area (Å²) < 4.78 is 23.4. The van der Waals surface area contributed by atoms with Gasteiger partial charge in [-0.1, -0.05) is 24.1 Å². The molecule has 5 aliphatic rings. The highest BCUT2D eigenvalue weighted by atomic mass is 19.1. The lowest BCUT2D eigenvalue weighted by atomic mass is 9.56. The summed E-state index contributed by atoms with van der Waals surface area (Å²) in [5, 5.41) is 26.8. The monoisotopic (exact) mass is 661 g/mol. The number of phenols is 1. The maximum Gasteiger partial charge on any atom is 0.319 e. The van der Waals surface area contributed by atoms with Crippen LogP contribution in [0.25, 0.3) is 32.8 Å². The lowest BCUT2D eigenvalue weighted by Gasteiger charge is -2.55. The first-order valence-corrected chi connectivity index (χ1v) is 17.9. The molecular formula is C40H44FN5O3. The molecule has 3 aliphatic heterocycles. The quantitative estimate of drug-likeness (QED) is 0.208. The average molecular weight is 662 g/mol. The van der Waals surface area contributed by atoms with E-state index in [1.54, 1.807) is 18.2 Å². The van der Waals surface area contributed by atoms with Gasteiger partial charge in [-0.15, -0.1) is 6.42 Å². The number of aromatic hydroxyl groups is 1. The number of piperidine rings is 1. The third-order valence-corrected chi connectivity index (χ3v) is 12.1. The molecule has 2 saturated carbocycles. The van der Waals surface area contributed by atoms with Crippen molar-refractivity contribution in [1.29, 1.82) is 0 Å². The molecule has 0 radical (unpaired) electrons. The van der Waals surface area contributed by atoms with Crippen LogP contribution in [0.15, 0.2) is 42.5 Å². The Morgan fingerprint density at radius 1 is 1.02 bits per heavy atom. The summed E-state index contributed by atoms with van der Waals surface area (Å²) in [6.07, 6.45) is 14.4. The fraction of sp³-hybridized carbons (Fsp3) is 0.500. The zero-order valence-electron chi connectivity index (χ0n) is 28.1. The van der Waals surface area contributed by atoms with Gasteiger partial charge in [0.05, 0.1) is 12.2 Å². The van der Waals surface area contributed by atoms with E-state index in [1.807, 2.05) is 31.2 Å². The van der Waals surface area contributed by atoms with Crippen LogP contribution in [-0.4, -0.2) is 82.1 Å². The van der Waals surface area contributed by atoms with Gasteiger partial charge in [-0.25, -0.2) is 4.39 Å². The molecule has 3 saturated heterocycles. The van der Waals surface area contributed by atoms with Crippen LogP contribution < -0.4 is 15.0 Å². The lowest BCUT2D eigenvalue weighted by molar-refractivity contribution is -0.138. The van der Waals surface area contributed by atoms with E-state index in [4.69, 9.17) is 21.1 Å². The van der Waals surface area contributed by atoms with Gasteiger partial charge in [0.25, 0.3) is 0 Å². The van der Waals surface area contributed by atoms with E-state index >= 15 is 4.39 Å². The van der Waals surface area contributed by atoms with Crippen LogP contribution in [-0.2, 0) is 0 Å². The molecule has 1 spiro atoms. The van der Waals surface area contributed by atoms with Gasteiger partial charge in [-0.2, -0.15) is 9.97 Å². The number of hydrogen-bond acceptors (Lipinski definition) is 8. The zero-order valence-corrected chi connectivity index (χ0v) is 28.1. The minimum absolute atomic E-state index is 0.0398. The number of aliphatic hydroxyl groups is 1. The molecule has 9 rings (SSSR count). The molecule has 0 amide bonds. The van der Waals surface area contributed by atoms with Gasteiger partial charge in [0.1, 0.15) is 17.1 Å². The number of benzene rings is 3. The van der Waals surface area contributed by atoms with Crippen molar-refractivity contribution in [2.75, 3.05) is 44.2 Å². The van der Waals surface area contributed by atoms with Crippen molar-refractivity contribution in [3.63, 3.8) is 0 Å². The Bertz CT molecular complexity index is 1990. The molecule has 3 N–H and O–H groups in total. The second-order valence-electron chi connectivity index (χ2n) is 16.2. The number of anilines is 1. The van der Waals surface area contributed by atoms with E-state index in [9.17, 15) is 10.2 Å². The topological polar surface area (TPSA) is 94.0 Å². The van der Waals surface area contributed by atoms with Gasteiger partial charge in [-0.3, -0.25) is 0 Å². The highest BCUT2D eigenvalue weighted by molar-refractivity contribution is 6.04. The molecule has 49 heavy (non-hydrogen) atoms. The molecule has 9 heteroatoms. The van der Waals surface area contributed by atoms with Crippen molar-refractivity contribution in [2.24, 2.45) is 10.8 Å². The van der Waals surface area contributed by atoms with Crippen molar-refractivity contribution in [1.82, 2.24) is 20.2 Å². The minimum Gasteiger partial charge on any atom is -0.508 e. The molecule has 2 unspecified atom stereocenters. The van der Waals surface area contributed by atoms with Crippen molar-refractivity contribution in [3.8, 4) is 35.2 Å². The van der Waals surface area contributed by atoms with Crippen molar-refractivity contribution in [3.05, 3.63) is 53.8 Å². The van der Waals surface area contributed by atoms with Crippen LogP contribution in [0.5, 0.6) is 11.8 Å². The third kappa shape index (κ3) is 5.58. The van der Waals surface area contributed by atoms with Crippen LogP contribution in [0, 0.1) is 29.0 Å². The van der Waals surface area contributed by atoms with E-state index in [-0.39, 0.29) is 22.7 Å². The number of fused-ring (bicyclic) bond motifs is 4. The summed E-state index contributed by atoms with van der Waals surface area (Å²) >= 11 is 0. The maximum atomic E-state index is 17.0. The van der Waals surface area contributed by atoms with Crippen LogP contribution in [0.3, 0.4) is 0 Å². The normalized spacial score (nSPS) is 25.0. The van der Waals surface area contributed by atoms with E-state index in [0.717, 1.165) is 89.5 Å². The Morgan fingerprint density at radius 3 is 2.47 bits per heavy atom. The molecular weight excluding hydrogens is 617 g/mol. The minimum atomic E-state index is -0.488. The SMILES string of the molecule is C#Cc1cccc2cc(O)cc(-c3ccc4c(N5CC6CCC(C5)N6)nc(OCC5(CN6CCC7(CC6)CC(C)(O)C7)CC5)nc4c3F)c12. The number of aromatic nitrogens is 2. The third-order valence-electron chi connectivity index (χ3n) is 12.1. The Balaban J connectivity index is 1.04. The van der Waals surface area contributed by atoms with E-state index in [2.05, 4.69) is 21.0 Å². The molecule has 3 aromatic carbocycles. The summed E-state index contributed by atoms with van der Waals surface area (Å²) in [6.45, 7) is 7.13. The number of terminal acetylenes is 1. The molecule has 2 aliphatic carbocycles. The second-order valence-corrected chi connectivity index (χ2v) is 16.2. The summed E-state index contributed by atoms with van der Waals surface area (Å²) in [5.41, 5.74) is 1.57. The van der Waals surface area contributed by atoms with Gasteiger partial charge < -0.3 is 30.1 Å². The molecule has 8 nitrogen and oxygen atoms in total. The molecule has 254 valence electrons. The fourth-order valence-corrected chi connectivity index (χ4v) is 9.67. The maximum absolute atomic E-state index is 17.0. The highest BCUT2D eigenvalue weighted by Crippen LogP contribution is 2.55. The number of nitrogens with one attached hydrogen (secondary N) is 1. The number of halogens is 1. The number of likely N-dealkylation sites (tertiary alicyclic amines) is 1. The van der Waals surface area contributed by atoms with E-state index in [1.165, 1.54) is 0 Å². The highest BCUT2D eigenvalue weighted by Gasteiger charge is 2.53. The smallest absolute Gasteiger partial charge is 0.319 e. The van der Waals surface area contributed by atoms with Gasteiger partial charge >= 0.3 is 6.01 Å². The summed E-state index contributed by atoms with van der Waals surface area (Å²) in [5.74, 6) is 2.99. The van der Waals surface area contributed by atoms with Gasteiger partial charge in [0, 0.05) is 59.0 Å². The first kappa shape index (κ1) is 31.0. The predicted octanol–water partition coefficient (Wildman–Crippen LogP) is 6.00. The Morgan fingerprint density at radius 2 is 1.78 bits per heavy atom. The van der Waals surface area contributed by atoms with E-state index in [0.29, 0.717) is 57.4 Å². The molecule has 4 aromatic rings. The number of ether oxygens (including phenoxy) is 1. The first-order chi connectivity index (χ1) is 23.6. The standard InChI is InChI=1S/C40H44FN5O3/c1-3-25-5-4-6-26-17-29(47)18-32(33(25)26)30-9-10-31-35(34(30)41)43-37(44-36(31)46-19-27-7-8-28(20-46)42-27)49-24-40(11-12-40)23-45-15-13-39(14-16-45)21-38(2,48)22-39/h1,4-6,9-10,17-18,27-28,42,47-48H,7-8,11-16,19-24H2,2H3. The fourth-order valence-electron chi connectivity index (χ4n) is 9.67. The van der Waals surface area contributed by atoms with Gasteiger partial charge in [-0.05, 0) is 112 Å². The van der Waals surface area contributed by atoms with Crippen LogP contribution >= 0.6 is 0 Å². The summed E-state index contributed by atoms with van der Waals surface area (Å²) in [4.78, 5) is 14.6. The van der Waals surface area contributed by atoms with Crippen molar-refractivity contribution < 1.29 is 19.3 Å². The van der Waals surface area contributed by atoms with Crippen molar-refractivity contribution in [2.45, 2.75) is 76.0 Å². The largest absolute Gasteiger partial charge is 0.508 e. The van der Waals surface area contributed by atoms with Crippen LogP contribution in [0.1, 0.15) is 63.9 Å². The van der Waals surface area contributed by atoms with Crippen LogP contribution in [0.4, 0.5) is 10.2 Å². The average Bonchev–Trinajstić information content (AvgIpc) is 3.76. The number of hydrogen-bond donors (Lipinski definition) is 3. The molecule has 2 atom stereocenters. The Labute approximate surface area is 286 Å². The number of rotatable bonds is 7. The number of nitrogens with zero attached hydrogens (tertiary/aromatic N) is 4. The molecule has 4 heterocycles. The van der Waals surface area contributed by atoms with Crippen molar-refractivity contribution >= 4 is 27.5 Å². The lowest BCUT2D eigenvalue weighted by Crippen LogP contribution is -2.55. The number of piperazine rings is 1. The molecule has 1 aromatic heterocycles. The molecule has 5 fully saturated rings. The summed E-state index contributed by atoms with van der Waals surface area (Å²) in [7, 11) is 0. The second kappa shape index (κ2) is 11.3. The van der Waals surface area contributed by atoms with Crippen LogP contribution in [0.2, 0.25) is 0 Å².